The maximum atomic E-state index is 12.5. The van der Waals surface area contributed by atoms with Crippen molar-refractivity contribution in [1.29, 1.82) is 0 Å². The number of rotatable bonds is 3. The molecule has 0 fully saturated rings. The number of ether oxygens (including phenoxy) is 1. The molecule has 1 aromatic heterocycles. The lowest BCUT2D eigenvalue weighted by Gasteiger charge is -2.11. The number of carboxylic acid groups (broad SMARTS) is 1. The fourth-order valence-electron chi connectivity index (χ4n) is 1.82. The summed E-state index contributed by atoms with van der Waals surface area (Å²) >= 11 is 0. The van der Waals surface area contributed by atoms with Gasteiger partial charge in [-0.25, -0.2) is 9.78 Å². The molecule has 1 heterocycles. The summed E-state index contributed by atoms with van der Waals surface area (Å²) in [5, 5.41) is 18.8. The zero-order chi connectivity index (χ0) is 16.5. The standard InChI is InChI=1S/C14H10F3NO4/c1-22-12-9(13(20)21)6-10(19)11(18-12)7-2-4-8(5-3-7)14(15,16)17/h2-6,19H,1H3,(H,20,21). The number of aromatic hydroxyl groups is 1. The average molecular weight is 313 g/mol. The van der Waals surface area contributed by atoms with Crippen molar-refractivity contribution in [2.75, 3.05) is 7.11 Å². The van der Waals surface area contributed by atoms with Crippen molar-refractivity contribution in [2.45, 2.75) is 6.18 Å². The van der Waals surface area contributed by atoms with E-state index in [1.165, 1.54) is 7.11 Å². The Bertz CT molecular complexity index is 711. The zero-order valence-electron chi connectivity index (χ0n) is 11.2. The molecule has 1 aromatic carbocycles. The summed E-state index contributed by atoms with van der Waals surface area (Å²) in [7, 11) is 1.20. The minimum atomic E-state index is -4.47. The highest BCUT2D eigenvalue weighted by Crippen LogP contribution is 2.34. The molecule has 0 amide bonds. The minimum absolute atomic E-state index is 0.0735. The van der Waals surface area contributed by atoms with E-state index in [-0.39, 0.29) is 22.7 Å². The number of hydrogen-bond donors (Lipinski definition) is 2. The molecular formula is C14H10F3NO4. The van der Waals surface area contributed by atoms with Crippen molar-refractivity contribution in [2.24, 2.45) is 0 Å². The molecule has 2 rings (SSSR count). The second-order valence-electron chi connectivity index (χ2n) is 4.29. The molecule has 116 valence electrons. The first kappa shape index (κ1) is 15.6. The summed E-state index contributed by atoms with van der Waals surface area (Å²) in [6, 6.07) is 4.87. The van der Waals surface area contributed by atoms with Crippen LogP contribution in [-0.4, -0.2) is 28.3 Å². The van der Waals surface area contributed by atoms with Crippen LogP contribution >= 0.6 is 0 Å². The number of halogens is 3. The van der Waals surface area contributed by atoms with Crippen molar-refractivity contribution in [1.82, 2.24) is 4.98 Å². The summed E-state index contributed by atoms with van der Waals surface area (Å²) in [4.78, 5) is 14.8. The van der Waals surface area contributed by atoms with E-state index < -0.39 is 23.5 Å². The van der Waals surface area contributed by atoms with Crippen LogP contribution in [-0.2, 0) is 6.18 Å². The Kier molecular flexibility index (Phi) is 3.94. The fraction of sp³-hybridized carbons (Fsp3) is 0.143. The van der Waals surface area contributed by atoms with E-state index in [2.05, 4.69) is 4.98 Å². The zero-order valence-corrected chi connectivity index (χ0v) is 11.2. The molecule has 0 saturated carbocycles. The normalized spacial score (nSPS) is 11.3. The number of pyridine rings is 1. The molecule has 0 saturated heterocycles. The quantitative estimate of drug-likeness (QED) is 0.910. The monoisotopic (exact) mass is 313 g/mol. The van der Waals surface area contributed by atoms with E-state index in [4.69, 9.17) is 9.84 Å². The van der Waals surface area contributed by atoms with Gasteiger partial charge in [-0.05, 0) is 12.1 Å². The Balaban J connectivity index is 2.51. The molecule has 5 nitrogen and oxygen atoms in total. The van der Waals surface area contributed by atoms with Crippen LogP contribution in [0.3, 0.4) is 0 Å². The highest BCUT2D eigenvalue weighted by atomic mass is 19.4. The third kappa shape index (κ3) is 2.95. The van der Waals surface area contributed by atoms with Gasteiger partial charge in [0.1, 0.15) is 17.0 Å². The number of carbonyl (C=O) groups is 1. The Morgan fingerprint density at radius 2 is 1.82 bits per heavy atom. The Morgan fingerprint density at radius 1 is 1.23 bits per heavy atom. The van der Waals surface area contributed by atoms with Gasteiger partial charge in [0.05, 0.1) is 12.7 Å². The molecule has 2 N–H and O–H groups in total. The lowest BCUT2D eigenvalue weighted by molar-refractivity contribution is -0.137. The SMILES string of the molecule is COc1nc(-c2ccc(C(F)(F)F)cc2)c(O)cc1C(=O)O. The van der Waals surface area contributed by atoms with Gasteiger partial charge >= 0.3 is 12.1 Å². The van der Waals surface area contributed by atoms with Crippen LogP contribution < -0.4 is 4.74 Å². The topological polar surface area (TPSA) is 79.7 Å². The Hall–Kier alpha value is -2.77. The van der Waals surface area contributed by atoms with Gasteiger partial charge in [-0.15, -0.1) is 0 Å². The van der Waals surface area contributed by atoms with Crippen LogP contribution in [0.5, 0.6) is 11.6 Å². The van der Waals surface area contributed by atoms with Crippen molar-refractivity contribution in [3.63, 3.8) is 0 Å². The first-order valence-electron chi connectivity index (χ1n) is 5.93. The second-order valence-corrected chi connectivity index (χ2v) is 4.29. The number of methoxy groups -OCH3 is 1. The number of aromatic nitrogens is 1. The maximum absolute atomic E-state index is 12.5. The van der Waals surface area contributed by atoms with Gasteiger partial charge in [-0.1, -0.05) is 12.1 Å². The Morgan fingerprint density at radius 3 is 2.27 bits per heavy atom. The predicted octanol–water partition coefficient (Wildman–Crippen LogP) is 3.18. The van der Waals surface area contributed by atoms with Crippen LogP contribution in [0, 0.1) is 0 Å². The lowest BCUT2D eigenvalue weighted by Crippen LogP contribution is -2.05. The Labute approximate surface area is 122 Å². The maximum Gasteiger partial charge on any atom is 0.416 e. The molecule has 0 aliphatic rings. The fourth-order valence-corrected chi connectivity index (χ4v) is 1.82. The number of alkyl halides is 3. The summed E-state index contributed by atoms with van der Waals surface area (Å²) in [5.74, 6) is -2.07. The molecule has 0 aliphatic carbocycles. The number of benzene rings is 1. The van der Waals surface area contributed by atoms with Gasteiger partial charge in [-0.3, -0.25) is 0 Å². The number of aromatic carboxylic acids is 1. The van der Waals surface area contributed by atoms with Crippen LogP contribution in [0.15, 0.2) is 30.3 Å². The van der Waals surface area contributed by atoms with Gasteiger partial charge in [0.2, 0.25) is 5.88 Å². The van der Waals surface area contributed by atoms with E-state index >= 15 is 0 Å². The van der Waals surface area contributed by atoms with Gasteiger partial charge in [0.25, 0.3) is 0 Å². The smallest absolute Gasteiger partial charge is 0.416 e. The first-order chi connectivity index (χ1) is 10.2. The predicted molar refractivity (Wildman–Crippen MR) is 69.9 cm³/mol. The van der Waals surface area contributed by atoms with E-state index in [0.717, 1.165) is 30.3 Å². The van der Waals surface area contributed by atoms with Gasteiger partial charge in [0, 0.05) is 11.6 Å². The molecule has 0 atom stereocenters. The molecule has 22 heavy (non-hydrogen) atoms. The van der Waals surface area contributed by atoms with E-state index in [9.17, 15) is 23.1 Å². The summed E-state index contributed by atoms with van der Waals surface area (Å²) in [6.45, 7) is 0. The molecule has 0 bridgehead atoms. The third-order valence-corrected chi connectivity index (χ3v) is 2.88. The van der Waals surface area contributed by atoms with Gasteiger partial charge < -0.3 is 14.9 Å². The molecule has 0 spiro atoms. The van der Waals surface area contributed by atoms with Crippen molar-refractivity contribution in [3.8, 4) is 22.9 Å². The average Bonchev–Trinajstić information content (AvgIpc) is 2.46. The molecule has 0 radical (unpaired) electrons. The van der Waals surface area contributed by atoms with Crippen LogP contribution in [0.1, 0.15) is 15.9 Å². The number of hydrogen-bond acceptors (Lipinski definition) is 4. The molecule has 2 aromatic rings. The van der Waals surface area contributed by atoms with Gasteiger partial charge in [-0.2, -0.15) is 13.2 Å². The van der Waals surface area contributed by atoms with E-state index in [1.54, 1.807) is 0 Å². The number of nitrogens with zero attached hydrogens (tertiary/aromatic N) is 1. The highest BCUT2D eigenvalue weighted by molar-refractivity contribution is 5.91. The van der Waals surface area contributed by atoms with Crippen molar-refractivity contribution >= 4 is 5.97 Å². The van der Waals surface area contributed by atoms with Crippen molar-refractivity contribution in [3.05, 3.63) is 41.5 Å². The van der Waals surface area contributed by atoms with E-state index in [0.29, 0.717) is 0 Å². The molecular weight excluding hydrogens is 303 g/mol. The van der Waals surface area contributed by atoms with Gasteiger partial charge in [0.15, 0.2) is 0 Å². The molecule has 0 aliphatic heterocycles. The third-order valence-electron chi connectivity index (χ3n) is 2.88. The minimum Gasteiger partial charge on any atom is -0.506 e. The summed E-state index contributed by atoms with van der Waals surface area (Å²) in [6.07, 6.45) is -4.47. The highest BCUT2D eigenvalue weighted by Gasteiger charge is 2.30. The summed E-state index contributed by atoms with van der Waals surface area (Å²) < 4.78 is 42.4. The van der Waals surface area contributed by atoms with Crippen LogP contribution in [0.25, 0.3) is 11.3 Å². The van der Waals surface area contributed by atoms with Crippen LogP contribution in [0.4, 0.5) is 13.2 Å². The lowest BCUT2D eigenvalue weighted by atomic mass is 10.1. The number of carboxylic acids is 1. The molecule has 8 heteroatoms. The second kappa shape index (κ2) is 5.55. The van der Waals surface area contributed by atoms with E-state index in [1.807, 2.05) is 0 Å². The largest absolute Gasteiger partial charge is 0.506 e. The summed E-state index contributed by atoms with van der Waals surface area (Å²) in [5.41, 5.74) is -1.07. The first-order valence-corrected chi connectivity index (χ1v) is 5.93. The van der Waals surface area contributed by atoms with Crippen LogP contribution in [0.2, 0.25) is 0 Å². The van der Waals surface area contributed by atoms with Crippen molar-refractivity contribution < 1.29 is 32.9 Å². The molecule has 0 unspecified atom stereocenters.